The van der Waals surface area contributed by atoms with Crippen LogP contribution >= 0.6 is 11.3 Å². The third kappa shape index (κ3) is 2.84. The molecule has 0 unspecified atom stereocenters. The zero-order valence-electron chi connectivity index (χ0n) is 10.7. The average Bonchev–Trinajstić information content (AvgIpc) is 3.00. The number of hydrogen-bond acceptors (Lipinski definition) is 3. The lowest BCUT2D eigenvalue weighted by Crippen LogP contribution is -2.25. The Balaban J connectivity index is 1.54. The maximum absolute atomic E-state index is 12.0. The van der Waals surface area contributed by atoms with Gasteiger partial charge in [0.15, 0.2) is 0 Å². The fourth-order valence-corrected chi connectivity index (χ4v) is 3.55. The van der Waals surface area contributed by atoms with Crippen molar-refractivity contribution in [2.24, 2.45) is 0 Å². The molecule has 98 valence electrons. The van der Waals surface area contributed by atoms with Crippen LogP contribution in [0.2, 0.25) is 0 Å². The second-order valence-corrected chi connectivity index (χ2v) is 5.88. The number of fused-ring (bicyclic) bond motifs is 1. The molecular formula is C15H16N2OS. The summed E-state index contributed by atoms with van der Waals surface area (Å²) in [6, 6.07) is 7.90. The van der Waals surface area contributed by atoms with Gasteiger partial charge in [-0.15, -0.1) is 11.3 Å². The van der Waals surface area contributed by atoms with Crippen molar-refractivity contribution in [3.05, 3.63) is 51.5 Å². The van der Waals surface area contributed by atoms with Crippen molar-refractivity contribution >= 4 is 17.2 Å². The lowest BCUT2D eigenvalue weighted by atomic mass is 10.2. The van der Waals surface area contributed by atoms with E-state index in [4.69, 9.17) is 0 Å². The molecule has 1 amide bonds. The van der Waals surface area contributed by atoms with Crippen LogP contribution in [0.4, 0.5) is 0 Å². The average molecular weight is 272 g/mol. The summed E-state index contributed by atoms with van der Waals surface area (Å²) in [6.07, 6.45) is 6.07. The van der Waals surface area contributed by atoms with Crippen LogP contribution in [0.3, 0.4) is 0 Å². The van der Waals surface area contributed by atoms with Gasteiger partial charge in [0.25, 0.3) is 5.91 Å². The Morgan fingerprint density at radius 1 is 1.37 bits per heavy atom. The third-order valence-electron chi connectivity index (χ3n) is 3.36. The Labute approximate surface area is 116 Å². The van der Waals surface area contributed by atoms with Gasteiger partial charge in [0.2, 0.25) is 0 Å². The quantitative estimate of drug-likeness (QED) is 0.929. The topological polar surface area (TPSA) is 42.0 Å². The molecule has 3 rings (SSSR count). The van der Waals surface area contributed by atoms with Crippen molar-refractivity contribution in [3.8, 4) is 0 Å². The van der Waals surface area contributed by atoms with Crippen LogP contribution in [-0.2, 0) is 19.3 Å². The Morgan fingerprint density at radius 2 is 2.32 bits per heavy atom. The number of carbonyl (C=O) groups is 1. The summed E-state index contributed by atoms with van der Waals surface area (Å²) in [4.78, 5) is 18.5. The van der Waals surface area contributed by atoms with Crippen molar-refractivity contribution in [2.75, 3.05) is 6.54 Å². The Morgan fingerprint density at radius 3 is 3.11 bits per heavy atom. The van der Waals surface area contributed by atoms with Crippen molar-refractivity contribution in [1.29, 1.82) is 0 Å². The SMILES string of the molecule is O=C(NCCc1ccccn1)c1cc2c(s1)CCC2. The first-order valence-corrected chi connectivity index (χ1v) is 7.44. The van der Waals surface area contributed by atoms with E-state index in [0.717, 1.165) is 29.8 Å². The highest BCUT2D eigenvalue weighted by Crippen LogP contribution is 2.30. The van der Waals surface area contributed by atoms with E-state index >= 15 is 0 Å². The Bertz CT molecular complexity index is 556. The molecule has 19 heavy (non-hydrogen) atoms. The van der Waals surface area contributed by atoms with Gasteiger partial charge in [-0.2, -0.15) is 0 Å². The number of nitrogens with one attached hydrogen (secondary N) is 1. The predicted molar refractivity (Wildman–Crippen MR) is 76.6 cm³/mol. The highest BCUT2D eigenvalue weighted by Gasteiger charge is 2.17. The summed E-state index contributed by atoms with van der Waals surface area (Å²) in [6.45, 7) is 0.637. The number of rotatable bonds is 4. The number of aromatic nitrogens is 1. The van der Waals surface area contributed by atoms with Gasteiger partial charge < -0.3 is 5.32 Å². The second-order valence-electron chi connectivity index (χ2n) is 4.74. The van der Waals surface area contributed by atoms with Gasteiger partial charge in [-0.3, -0.25) is 9.78 Å². The van der Waals surface area contributed by atoms with Gasteiger partial charge in [0.1, 0.15) is 0 Å². The normalized spacial score (nSPS) is 13.3. The number of amides is 1. The van der Waals surface area contributed by atoms with Gasteiger partial charge in [-0.25, -0.2) is 0 Å². The molecule has 0 atom stereocenters. The first-order valence-electron chi connectivity index (χ1n) is 6.62. The van der Waals surface area contributed by atoms with Gasteiger partial charge in [0.05, 0.1) is 4.88 Å². The maximum atomic E-state index is 12.0. The zero-order chi connectivity index (χ0) is 13.1. The van der Waals surface area contributed by atoms with Crippen LogP contribution in [0.5, 0.6) is 0 Å². The lowest BCUT2D eigenvalue weighted by molar-refractivity contribution is 0.0958. The maximum Gasteiger partial charge on any atom is 0.261 e. The van der Waals surface area contributed by atoms with Gasteiger partial charge >= 0.3 is 0 Å². The summed E-state index contributed by atoms with van der Waals surface area (Å²) < 4.78 is 0. The molecule has 3 nitrogen and oxygen atoms in total. The molecule has 0 aromatic carbocycles. The molecule has 0 radical (unpaired) electrons. The highest BCUT2D eigenvalue weighted by molar-refractivity contribution is 7.14. The van der Waals surface area contributed by atoms with Crippen LogP contribution in [0, 0.1) is 0 Å². The molecule has 2 aromatic heterocycles. The van der Waals surface area contributed by atoms with E-state index in [2.05, 4.69) is 16.4 Å². The molecule has 0 bridgehead atoms. The summed E-state index contributed by atoms with van der Waals surface area (Å²) >= 11 is 1.65. The minimum absolute atomic E-state index is 0.0512. The summed E-state index contributed by atoms with van der Waals surface area (Å²) in [7, 11) is 0. The molecular weight excluding hydrogens is 256 g/mol. The molecule has 1 aliphatic rings. The number of hydrogen-bond donors (Lipinski definition) is 1. The number of carbonyl (C=O) groups excluding carboxylic acids is 1. The van der Waals surface area contributed by atoms with Crippen LogP contribution in [-0.4, -0.2) is 17.4 Å². The minimum atomic E-state index is 0.0512. The number of aryl methyl sites for hydroxylation is 2. The molecule has 1 N–H and O–H groups in total. The zero-order valence-corrected chi connectivity index (χ0v) is 11.5. The van der Waals surface area contributed by atoms with Crippen LogP contribution in [0.15, 0.2) is 30.5 Å². The molecule has 0 fully saturated rings. The smallest absolute Gasteiger partial charge is 0.261 e. The number of pyridine rings is 1. The predicted octanol–water partition coefficient (Wildman–Crippen LogP) is 2.60. The number of thiophene rings is 1. The first kappa shape index (κ1) is 12.4. The van der Waals surface area contributed by atoms with E-state index in [9.17, 15) is 4.79 Å². The molecule has 0 spiro atoms. The highest BCUT2D eigenvalue weighted by atomic mass is 32.1. The monoisotopic (exact) mass is 272 g/mol. The van der Waals surface area contributed by atoms with Crippen molar-refractivity contribution < 1.29 is 4.79 Å². The van der Waals surface area contributed by atoms with Gasteiger partial charge in [-0.05, 0) is 43.0 Å². The third-order valence-corrected chi connectivity index (χ3v) is 4.60. The van der Waals surface area contributed by atoms with Crippen LogP contribution in [0.1, 0.15) is 32.2 Å². The number of nitrogens with zero attached hydrogens (tertiary/aromatic N) is 1. The van der Waals surface area contributed by atoms with Crippen LogP contribution < -0.4 is 5.32 Å². The largest absolute Gasteiger partial charge is 0.351 e. The van der Waals surface area contributed by atoms with Crippen molar-refractivity contribution in [1.82, 2.24) is 10.3 Å². The summed E-state index contributed by atoms with van der Waals surface area (Å²) in [5.74, 6) is 0.0512. The fourth-order valence-electron chi connectivity index (χ4n) is 2.38. The van der Waals surface area contributed by atoms with Gasteiger partial charge in [-0.1, -0.05) is 6.07 Å². The van der Waals surface area contributed by atoms with Crippen molar-refractivity contribution in [3.63, 3.8) is 0 Å². The van der Waals surface area contributed by atoms with Crippen LogP contribution in [0.25, 0.3) is 0 Å². The van der Waals surface area contributed by atoms with E-state index < -0.39 is 0 Å². The molecule has 0 saturated carbocycles. The van der Waals surface area contributed by atoms with Gasteiger partial charge in [0, 0.05) is 29.7 Å². The minimum Gasteiger partial charge on any atom is -0.351 e. The molecule has 2 aromatic rings. The first-order chi connectivity index (χ1) is 9.33. The summed E-state index contributed by atoms with van der Waals surface area (Å²) in [5.41, 5.74) is 2.39. The lowest BCUT2D eigenvalue weighted by Gasteiger charge is -2.03. The Kier molecular flexibility index (Phi) is 3.60. The molecule has 4 heteroatoms. The second kappa shape index (κ2) is 5.53. The van der Waals surface area contributed by atoms with E-state index in [1.807, 2.05) is 18.2 Å². The van der Waals surface area contributed by atoms with Crippen molar-refractivity contribution in [2.45, 2.75) is 25.7 Å². The molecule has 1 aliphatic carbocycles. The van der Waals surface area contributed by atoms with E-state index in [-0.39, 0.29) is 5.91 Å². The molecule has 0 aliphatic heterocycles. The Hall–Kier alpha value is -1.68. The van der Waals surface area contributed by atoms with E-state index in [1.165, 1.54) is 16.9 Å². The van der Waals surface area contributed by atoms with E-state index in [0.29, 0.717) is 6.54 Å². The van der Waals surface area contributed by atoms with E-state index in [1.54, 1.807) is 17.5 Å². The molecule has 0 saturated heterocycles. The fraction of sp³-hybridized carbons (Fsp3) is 0.333. The standard InChI is InChI=1S/C15H16N2OS/c18-15(14-10-11-4-3-6-13(11)19-14)17-9-7-12-5-1-2-8-16-12/h1-2,5,8,10H,3-4,6-7,9H2,(H,17,18). The summed E-state index contributed by atoms with van der Waals surface area (Å²) in [5, 5.41) is 2.97. The molecule has 2 heterocycles.